The lowest BCUT2D eigenvalue weighted by Crippen LogP contribution is -2.42. The number of aliphatic imine (C=N–C) groups is 1. The average molecular weight is 388 g/mol. The van der Waals surface area contributed by atoms with E-state index in [4.69, 9.17) is 4.42 Å². The zero-order chi connectivity index (χ0) is 19.9. The maximum atomic E-state index is 14.2. The highest BCUT2D eigenvalue weighted by Gasteiger charge is 2.25. The van der Waals surface area contributed by atoms with E-state index in [0.29, 0.717) is 24.7 Å². The summed E-state index contributed by atoms with van der Waals surface area (Å²) in [5.74, 6) is 1.43. The summed E-state index contributed by atoms with van der Waals surface area (Å²) in [4.78, 5) is 8.50. The molecule has 6 nitrogen and oxygen atoms in total. The number of benzene rings is 1. The van der Waals surface area contributed by atoms with Crippen molar-refractivity contribution >= 4 is 11.6 Å². The van der Waals surface area contributed by atoms with Crippen LogP contribution >= 0.6 is 0 Å². The number of hydrogen-bond acceptors (Lipinski definition) is 4. The Labute approximate surface area is 166 Å². The minimum atomic E-state index is -0.223. The van der Waals surface area contributed by atoms with E-state index in [2.05, 4.69) is 20.5 Å². The van der Waals surface area contributed by atoms with E-state index in [9.17, 15) is 4.39 Å². The lowest BCUT2D eigenvalue weighted by Gasteiger charge is -2.26. The van der Waals surface area contributed by atoms with Crippen molar-refractivity contribution in [1.29, 1.82) is 0 Å². The Kier molecular flexibility index (Phi) is 6.92. The highest BCUT2D eigenvalue weighted by molar-refractivity contribution is 5.79. The first-order valence-corrected chi connectivity index (χ1v) is 9.76. The van der Waals surface area contributed by atoms with Crippen LogP contribution in [0.2, 0.25) is 0 Å². The molecule has 1 unspecified atom stereocenters. The van der Waals surface area contributed by atoms with Gasteiger partial charge in [0.2, 0.25) is 0 Å². The molecule has 1 aliphatic rings. The summed E-state index contributed by atoms with van der Waals surface area (Å²) in [6.07, 6.45) is 4.16. The highest BCUT2D eigenvalue weighted by Crippen LogP contribution is 2.24. The van der Waals surface area contributed by atoms with Crippen molar-refractivity contribution in [2.24, 2.45) is 4.99 Å². The van der Waals surface area contributed by atoms with Crippen LogP contribution in [0.1, 0.15) is 30.2 Å². The second-order valence-corrected chi connectivity index (χ2v) is 7.26. The Morgan fingerprint density at radius 2 is 2.04 bits per heavy atom. The van der Waals surface area contributed by atoms with Crippen LogP contribution in [0.15, 0.2) is 46.0 Å². The van der Waals surface area contributed by atoms with E-state index in [0.717, 1.165) is 24.4 Å². The fourth-order valence-corrected chi connectivity index (χ4v) is 3.57. The minimum Gasteiger partial charge on any atom is -0.468 e. The molecule has 3 rings (SSSR count). The normalized spacial score (nSPS) is 16.2. The number of likely N-dealkylation sites (tertiary alicyclic amines) is 1. The molecule has 1 saturated heterocycles. The van der Waals surface area contributed by atoms with Crippen LogP contribution < -0.4 is 15.5 Å². The van der Waals surface area contributed by atoms with Gasteiger partial charge in [-0.05, 0) is 55.8 Å². The molecule has 1 aromatic carbocycles. The molecule has 0 radical (unpaired) electrons. The number of furan rings is 1. The third-order valence-electron chi connectivity index (χ3n) is 5.09. The van der Waals surface area contributed by atoms with Gasteiger partial charge < -0.3 is 20.0 Å². The largest absolute Gasteiger partial charge is 0.468 e. The van der Waals surface area contributed by atoms with Gasteiger partial charge in [-0.15, -0.1) is 0 Å². The quantitative estimate of drug-likeness (QED) is 0.565. The molecular formula is C21H30FN5O. The second-order valence-electron chi connectivity index (χ2n) is 7.26. The van der Waals surface area contributed by atoms with E-state index in [1.165, 1.54) is 12.8 Å². The van der Waals surface area contributed by atoms with Gasteiger partial charge in [0.15, 0.2) is 5.96 Å². The van der Waals surface area contributed by atoms with Crippen LogP contribution in [-0.4, -0.2) is 51.6 Å². The van der Waals surface area contributed by atoms with Gasteiger partial charge in [0.25, 0.3) is 0 Å². The second kappa shape index (κ2) is 9.59. The maximum Gasteiger partial charge on any atom is 0.191 e. The molecule has 2 heterocycles. The molecule has 1 aromatic heterocycles. The third-order valence-corrected chi connectivity index (χ3v) is 5.09. The standard InChI is InChI=1S/C21H30FN5O/c1-23-21(24-14-16-8-9-18(26(2)3)17(22)13-16)25-15-19(20-7-6-12-28-20)27-10-4-5-11-27/h6-9,12-13,19H,4-5,10-11,14-15H2,1-3H3,(H2,23,24,25). The lowest BCUT2D eigenvalue weighted by atomic mass is 10.2. The van der Waals surface area contributed by atoms with Crippen LogP contribution in [0.25, 0.3) is 0 Å². The Morgan fingerprint density at radius 1 is 1.25 bits per heavy atom. The van der Waals surface area contributed by atoms with Crippen molar-refractivity contribution in [1.82, 2.24) is 15.5 Å². The number of rotatable bonds is 7. The topological polar surface area (TPSA) is 56.0 Å². The first kappa shape index (κ1) is 20.2. The van der Waals surface area contributed by atoms with Crippen LogP contribution in [0.3, 0.4) is 0 Å². The smallest absolute Gasteiger partial charge is 0.191 e. The third kappa shape index (κ3) is 5.04. The summed E-state index contributed by atoms with van der Waals surface area (Å²) < 4.78 is 19.8. The Hall–Kier alpha value is -2.54. The fraction of sp³-hybridized carbons (Fsp3) is 0.476. The monoisotopic (exact) mass is 387 g/mol. The van der Waals surface area contributed by atoms with Crippen molar-refractivity contribution in [3.8, 4) is 0 Å². The lowest BCUT2D eigenvalue weighted by molar-refractivity contribution is 0.215. The number of guanidine groups is 1. The van der Waals surface area contributed by atoms with Crippen LogP contribution in [0.4, 0.5) is 10.1 Å². The summed E-state index contributed by atoms with van der Waals surface area (Å²) in [6.45, 7) is 3.35. The number of halogens is 1. The van der Waals surface area contributed by atoms with E-state index in [1.807, 2.05) is 32.3 Å². The number of nitrogens with one attached hydrogen (secondary N) is 2. The van der Waals surface area contributed by atoms with Crippen molar-refractivity contribution in [3.05, 3.63) is 53.7 Å². The average Bonchev–Trinajstić information content (AvgIpc) is 3.38. The molecule has 1 atom stereocenters. The summed E-state index contributed by atoms with van der Waals surface area (Å²) in [7, 11) is 5.40. The number of anilines is 1. The van der Waals surface area contributed by atoms with Gasteiger partial charge in [-0.1, -0.05) is 6.07 Å². The number of nitrogens with zero attached hydrogens (tertiary/aromatic N) is 3. The van der Waals surface area contributed by atoms with Crippen LogP contribution in [0.5, 0.6) is 0 Å². The minimum absolute atomic E-state index is 0.174. The molecule has 28 heavy (non-hydrogen) atoms. The molecule has 152 valence electrons. The molecule has 0 spiro atoms. The van der Waals surface area contributed by atoms with Gasteiger partial charge in [-0.3, -0.25) is 9.89 Å². The predicted octanol–water partition coefficient (Wildman–Crippen LogP) is 2.99. The SMILES string of the molecule is CN=C(NCc1ccc(N(C)C)c(F)c1)NCC(c1ccco1)N1CCCC1. The molecular weight excluding hydrogens is 357 g/mol. The fourth-order valence-electron chi connectivity index (χ4n) is 3.57. The maximum absolute atomic E-state index is 14.2. The van der Waals surface area contributed by atoms with E-state index < -0.39 is 0 Å². The Bertz CT molecular complexity index is 769. The summed E-state index contributed by atoms with van der Waals surface area (Å²) >= 11 is 0. The first-order valence-electron chi connectivity index (χ1n) is 9.76. The van der Waals surface area contributed by atoms with Gasteiger partial charge in [0.1, 0.15) is 11.6 Å². The van der Waals surface area contributed by atoms with Crippen molar-refractivity contribution < 1.29 is 8.81 Å². The molecule has 0 amide bonds. The summed E-state index contributed by atoms with van der Waals surface area (Å²) in [6, 6.07) is 9.41. The van der Waals surface area contributed by atoms with Gasteiger partial charge in [-0.25, -0.2) is 4.39 Å². The van der Waals surface area contributed by atoms with E-state index in [-0.39, 0.29) is 11.9 Å². The van der Waals surface area contributed by atoms with Gasteiger partial charge in [0, 0.05) is 34.2 Å². The van der Waals surface area contributed by atoms with Crippen molar-refractivity contribution in [3.63, 3.8) is 0 Å². The summed E-state index contributed by atoms with van der Waals surface area (Å²) in [5.41, 5.74) is 1.45. The molecule has 0 saturated carbocycles. The van der Waals surface area contributed by atoms with Crippen molar-refractivity contribution in [2.45, 2.75) is 25.4 Å². The molecule has 2 N–H and O–H groups in total. The van der Waals surface area contributed by atoms with Gasteiger partial charge >= 0.3 is 0 Å². The summed E-state index contributed by atoms with van der Waals surface area (Å²) in [5, 5.41) is 6.65. The van der Waals surface area contributed by atoms with Crippen LogP contribution in [0, 0.1) is 5.82 Å². The molecule has 1 fully saturated rings. The Morgan fingerprint density at radius 3 is 2.64 bits per heavy atom. The first-order chi connectivity index (χ1) is 13.6. The van der Waals surface area contributed by atoms with Crippen LogP contribution in [-0.2, 0) is 6.54 Å². The van der Waals surface area contributed by atoms with E-state index >= 15 is 0 Å². The van der Waals surface area contributed by atoms with Crippen molar-refractivity contribution in [2.75, 3.05) is 45.7 Å². The molecule has 7 heteroatoms. The molecule has 2 aromatic rings. The molecule has 1 aliphatic heterocycles. The highest BCUT2D eigenvalue weighted by atomic mass is 19.1. The molecule has 0 aliphatic carbocycles. The van der Waals surface area contributed by atoms with Gasteiger partial charge in [0.05, 0.1) is 18.0 Å². The zero-order valence-electron chi connectivity index (χ0n) is 16.9. The van der Waals surface area contributed by atoms with Gasteiger partial charge in [-0.2, -0.15) is 0 Å². The number of hydrogen-bond donors (Lipinski definition) is 2. The molecule has 0 bridgehead atoms. The Balaban J connectivity index is 1.57. The van der Waals surface area contributed by atoms with E-state index in [1.54, 1.807) is 30.3 Å². The predicted molar refractivity (Wildman–Crippen MR) is 111 cm³/mol. The zero-order valence-corrected chi connectivity index (χ0v) is 16.9.